The molecular weight excluding hydrogens is 344 g/mol. The van der Waals surface area contributed by atoms with Gasteiger partial charge >= 0.3 is 6.03 Å². The molecule has 0 unspecified atom stereocenters. The molecule has 0 aromatic carbocycles. The number of aryl methyl sites for hydroxylation is 1. The summed E-state index contributed by atoms with van der Waals surface area (Å²) in [7, 11) is 0. The van der Waals surface area contributed by atoms with Crippen LogP contribution in [0, 0.1) is 6.92 Å². The highest BCUT2D eigenvalue weighted by atomic mass is 16.5. The maximum Gasteiger partial charge on any atom is 0.317 e. The van der Waals surface area contributed by atoms with Crippen LogP contribution < -0.4 is 10.6 Å². The van der Waals surface area contributed by atoms with Gasteiger partial charge in [-0.1, -0.05) is 38.3 Å². The number of hydrogen-bond donors (Lipinski definition) is 2. The Morgan fingerprint density at radius 3 is 2.30 bits per heavy atom. The predicted molar refractivity (Wildman–Crippen MR) is 103 cm³/mol. The van der Waals surface area contributed by atoms with Crippen molar-refractivity contribution >= 4 is 11.9 Å². The molecule has 1 saturated carbocycles. The molecule has 1 aliphatic carbocycles. The number of piperidine rings is 1. The van der Waals surface area contributed by atoms with Gasteiger partial charge in [-0.05, 0) is 32.6 Å². The van der Waals surface area contributed by atoms with Gasteiger partial charge in [-0.15, -0.1) is 0 Å². The smallest absolute Gasteiger partial charge is 0.317 e. The maximum atomic E-state index is 12.7. The standard InChI is InChI=1S/C20H32N4O3/c1-13(2)18-17(14(3)23-27-18)19(25)21-16-9-11-24(12-10-16)20(26)22-15-7-5-4-6-8-15/h13,15-16H,4-12H2,1-3H3,(H,21,25)(H,22,26). The lowest BCUT2D eigenvalue weighted by atomic mass is 9.95. The lowest BCUT2D eigenvalue weighted by Crippen LogP contribution is -2.51. The third kappa shape index (κ3) is 4.82. The number of rotatable bonds is 4. The number of aromatic nitrogens is 1. The first-order valence-corrected chi connectivity index (χ1v) is 10.3. The largest absolute Gasteiger partial charge is 0.360 e. The quantitative estimate of drug-likeness (QED) is 0.844. The van der Waals surface area contributed by atoms with Crippen molar-refractivity contribution in [2.24, 2.45) is 0 Å². The first-order chi connectivity index (χ1) is 13.0. The van der Waals surface area contributed by atoms with Crippen LogP contribution in [0.4, 0.5) is 4.79 Å². The van der Waals surface area contributed by atoms with Crippen LogP contribution >= 0.6 is 0 Å². The topological polar surface area (TPSA) is 87.5 Å². The number of carbonyl (C=O) groups is 2. The molecule has 2 fully saturated rings. The average molecular weight is 377 g/mol. The average Bonchev–Trinajstić information content (AvgIpc) is 3.05. The maximum absolute atomic E-state index is 12.7. The lowest BCUT2D eigenvalue weighted by Gasteiger charge is -2.34. The van der Waals surface area contributed by atoms with Crippen LogP contribution in [0.1, 0.15) is 86.5 Å². The molecule has 3 rings (SSSR count). The Bertz CT molecular complexity index is 656. The zero-order chi connectivity index (χ0) is 19.4. The summed E-state index contributed by atoms with van der Waals surface area (Å²) in [5.41, 5.74) is 1.18. The first-order valence-electron chi connectivity index (χ1n) is 10.3. The summed E-state index contributed by atoms with van der Waals surface area (Å²) >= 11 is 0. The minimum absolute atomic E-state index is 0.0450. The van der Waals surface area contributed by atoms with Crippen LogP contribution in [-0.2, 0) is 0 Å². The van der Waals surface area contributed by atoms with E-state index in [1.54, 1.807) is 6.92 Å². The Hall–Kier alpha value is -2.05. The molecule has 3 amide bonds. The second kappa shape index (κ2) is 8.76. The van der Waals surface area contributed by atoms with Gasteiger partial charge in [0.2, 0.25) is 0 Å². The number of nitrogens with one attached hydrogen (secondary N) is 2. The molecule has 2 heterocycles. The molecule has 0 spiro atoms. The third-order valence-corrected chi connectivity index (χ3v) is 5.69. The van der Waals surface area contributed by atoms with Gasteiger partial charge in [0, 0.05) is 31.1 Å². The number of hydrogen-bond acceptors (Lipinski definition) is 4. The Morgan fingerprint density at radius 2 is 1.67 bits per heavy atom. The molecular formula is C20H32N4O3. The number of urea groups is 1. The normalized spacial score (nSPS) is 19.3. The molecule has 1 saturated heterocycles. The first kappa shape index (κ1) is 19.7. The Labute approximate surface area is 161 Å². The van der Waals surface area contributed by atoms with Gasteiger partial charge < -0.3 is 20.1 Å². The van der Waals surface area contributed by atoms with Crippen molar-refractivity contribution in [2.45, 2.75) is 83.7 Å². The van der Waals surface area contributed by atoms with Gasteiger partial charge in [0.15, 0.2) is 5.76 Å². The summed E-state index contributed by atoms with van der Waals surface area (Å²) < 4.78 is 5.32. The Balaban J connectivity index is 1.48. The fourth-order valence-electron chi connectivity index (χ4n) is 4.05. The molecule has 27 heavy (non-hydrogen) atoms. The third-order valence-electron chi connectivity index (χ3n) is 5.69. The molecule has 1 aromatic rings. The zero-order valence-electron chi connectivity index (χ0n) is 16.7. The molecule has 0 radical (unpaired) electrons. The SMILES string of the molecule is Cc1noc(C(C)C)c1C(=O)NC1CCN(C(=O)NC2CCCCC2)CC1. The molecule has 2 aliphatic rings. The van der Waals surface area contributed by atoms with Gasteiger partial charge in [0.25, 0.3) is 5.91 Å². The van der Waals surface area contributed by atoms with E-state index in [1.165, 1.54) is 19.3 Å². The summed E-state index contributed by atoms with van der Waals surface area (Å²) in [6.45, 7) is 7.11. The highest BCUT2D eigenvalue weighted by molar-refractivity contribution is 5.96. The van der Waals surface area contributed by atoms with Crippen molar-refractivity contribution in [3.8, 4) is 0 Å². The van der Waals surface area contributed by atoms with Crippen LogP contribution in [0.25, 0.3) is 0 Å². The summed E-state index contributed by atoms with van der Waals surface area (Å²) in [5, 5.41) is 10.2. The van der Waals surface area contributed by atoms with Crippen molar-refractivity contribution in [3.05, 3.63) is 17.0 Å². The molecule has 1 aromatic heterocycles. The highest BCUT2D eigenvalue weighted by Gasteiger charge is 2.28. The molecule has 0 bridgehead atoms. The van der Waals surface area contributed by atoms with E-state index in [9.17, 15) is 9.59 Å². The van der Waals surface area contributed by atoms with Crippen LogP contribution in [0.3, 0.4) is 0 Å². The second-order valence-corrected chi connectivity index (χ2v) is 8.18. The number of amides is 3. The summed E-state index contributed by atoms with van der Waals surface area (Å²) in [5.74, 6) is 0.620. The van der Waals surface area contributed by atoms with E-state index < -0.39 is 0 Å². The van der Waals surface area contributed by atoms with Crippen LogP contribution in [0.15, 0.2) is 4.52 Å². The van der Waals surface area contributed by atoms with Crippen LogP contribution in [-0.4, -0.2) is 47.2 Å². The van der Waals surface area contributed by atoms with E-state index in [2.05, 4.69) is 15.8 Å². The second-order valence-electron chi connectivity index (χ2n) is 8.18. The summed E-state index contributed by atoms with van der Waals surface area (Å²) in [4.78, 5) is 27.0. The zero-order valence-corrected chi connectivity index (χ0v) is 16.7. The fraction of sp³-hybridized carbons (Fsp3) is 0.750. The molecule has 7 heteroatoms. The summed E-state index contributed by atoms with van der Waals surface area (Å²) in [6, 6.07) is 0.448. The Kier molecular flexibility index (Phi) is 6.39. The lowest BCUT2D eigenvalue weighted by molar-refractivity contribution is 0.0914. The molecule has 150 valence electrons. The van der Waals surface area contributed by atoms with E-state index in [0.29, 0.717) is 36.1 Å². The molecule has 7 nitrogen and oxygen atoms in total. The van der Waals surface area contributed by atoms with Gasteiger partial charge in [-0.25, -0.2) is 4.79 Å². The highest BCUT2D eigenvalue weighted by Crippen LogP contribution is 2.23. The van der Waals surface area contributed by atoms with Crippen LogP contribution in [0.5, 0.6) is 0 Å². The minimum Gasteiger partial charge on any atom is -0.360 e. The predicted octanol–water partition coefficient (Wildman–Crippen LogP) is 3.34. The fourth-order valence-corrected chi connectivity index (χ4v) is 4.05. The van der Waals surface area contributed by atoms with Crippen LogP contribution in [0.2, 0.25) is 0 Å². The van der Waals surface area contributed by atoms with Crippen molar-refractivity contribution in [1.29, 1.82) is 0 Å². The Morgan fingerprint density at radius 1 is 1.04 bits per heavy atom. The number of carbonyl (C=O) groups excluding carboxylic acids is 2. The van der Waals surface area contributed by atoms with Crippen molar-refractivity contribution < 1.29 is 14.1 Å². The number of nitrogens with zero attached hydrogens (tertiary/aromatic N) is 2. The van der Waals surface area contributed by atoms with Crippen molar-refractivity contribution in [1.82, 2.24) is 20.7 Å². The van der Waals surface area contributed by atoms with Gasteiger partial charge in [0.05, 0.1) is 5.69 Å². The van der Waals surface area contributed by atoms with Gasteiger partial charge in [-0.2, -0.15) is 0 Å². The van der Waals surface area contributed by atoms with E-state index in [1.807, 2.05) is 18.7 Å². The minimum atomic E-state index is -0.123. The van der Waals surface area contributed by atoms with Crippen molar-refractivity contribution in [3.63, 3.8) is 0 Å². The van der Waals surface area contributed by atoms with E-state index in [0.717, 1.165) is 25.7 Å². The summed E-state index contributed by atoms with van der Waals surface area (Å²) in [6.07, 6.45) is 7.42. The van der Waals surface area contributed by atoms with Gasteiger partial charge in [0.1, 0.15) is 5.56 Å². The van der Waals surface area contributed by atoms with Gasteiger partial charge in [-0.3, -0.25) is 4.79 Å². The molecule has 0 atom stereocenters. The van der Waals surface area contributed by atoms with E-state index in [4.69, 9.17) is 4.52 Å². The van der Waals surface area contributed by atoms with E-state index in [-0.39, 0.29) is 23.9 Å². The number of likely N-dealkylation sites (tertiary alicyclic amines) is 1. The molecule has 2 N–H and O–H groups in total. The van der Waals surface area contributed by atoms with E-state index >= 15 is 0 Å². The monoisotopic (exact) mass is 376 g/mol. The molecule has 1 aliphatic heterocycles. The van der Waals surface area contributed by atoms with Crippen molar-refractivity contribution in [2.75, 3.05) is 13.1 Å².